The van der Waals surface area contributed by atoms with E-state index in [2.05, 4.69) is 27.3 Å². The number of aromatic nitrogens is 2. The predicted octanol–water partition coefficient (Wildman–Crippen LogP) is 1.69. The molecule has 1 aromatic heterocycles. The highest BCUT2D eigenvalue weighted by atomic mass is 16.5. The second-order valence-electron chi connectivity index (χ2n) is 5.66. The molecule has 0 radical (unpaired) electrons. The van der Waals surface area contributed by atoms with Crippen molar-refractivity contribution in [2.24, 2.45) is 0 Å². The van der Waals surface area contributed by atoms with Crippen LogP contribution < -0.4 is 5.32 Å². The van der Waals surface area contributed by atoms with Crippen molar-refractivity contribution in [1.29, 1.82) is 0 Å². The number of rotatable bonds is 7. The normalized spacial score (nSPS) is 16.1. The summed E-state index contributed by atoms with van der Waals surface area (Å²) in [4.78, 5) is 18.7. The quantitative estimate of drug-likeness (QED) is 0.828. The van der Waals surface area contributed by atoms with Gasteiger partial charge in [-0.15, -0.1) is 0 Å². The average Bonchev–Trinajstić information content (AvgIpc) is 2.91. The van der Waals surface area contributed by atoms with E-state index in [1.54, 1.807) is 6.92 Å². The maximum atomic E-state index is 12.5. The minimum Gasteiger partial charge on any atom is -0.340 e. The molecule has 2 heterocycles. The summed E-state index contributed by atoms with van der Waals surface area (Å²) >= 11 is 0. The number of aryl methyl sites for hydroxylation is 2. The van der Waals surface area contributed by atoms with Crippen LogP contribution in [0.4, 0.5) is 0 Å². The van der Waals surface area contributed by atoms with Crippen LogP contribution in [0.3, 0.4) is 0 Å². The molecule has 0 aromatic carbocycles. The minimum absolute atomic E-state index is 0.264. The molecule has 1 aliphatic heterocycles. The van der Waals surface area contributed by atoms with Crippen LogP contribution in [-0.4, -0.2) is 46.6 Å². The zero-order valence-corrected chi connectivity index (χ0v) is 13.1. The molecule has 21 heavy (non-hydrogen) atoms. The Labute approximate surface area is 126 Å². The van der Waals surface area contributed by atoms with E-state index in [-0.39, 0.29) is 5.91 Å². The predicted molar refractivity (Wildman–Crippen MR) is 79.9 cm³/mol. The summed E-state index contributed by atoms with van der Waals surface area (Å²) in [6.07, 6.45) is 5.15. The van der Waals surface area contributed by atoms with Crippen molar-refractivity contribution >= 4 is 5.91 Å². The largest absolute Gasteiger partial charge is 0.340 e. The summed E-state index contributed by atoms with van der Waals surface area (Å²) in [6, 6.07) is 0.407. The Morgan fingerprint density at radius 3 is 2.81 bits per heavy atom. The number of hydrogen-bond donors (Lipinski definition) is 1. The highest BCUT2D eigenvalue weighted by molar-refractivity contribution is 5.76. The molecule has 0 atom stereocenters. The zero-order valence-electron chi connectivity index (χ0n) is 13.1. The molecule has 6 nitrogen and oxygen atoms in total. The Balaban J connectivity index is 1.80. The Morgan fingerprint density at radius 2 is 2.19 bits per heavy atom. The van der Waals surface area contributed by atoms with Crippen molar-refractivity contribution in [1.82, 2.24) is 20.4 Å². The third-order valence-electron chi connectivity index (χ3n) is 3.89. The molecule has 1 aliphatic rings. The van der Waals surface area contributed by atoms with Crippen LogP contribution in [0.15, 0.2) is 4.52 Å². The van der Waals surface area contributed by atoms with Gasteiger partial charge in [-0.2, -0.15) is 4.98 Å². The first-order valence-corrected chi connectivity index (χ1v) is 8.00. The third-order valence-corrected chi connectivity index (χ3v) is 3.89. The van der Waals surface area contributed by atoms with Gasteiger partial charge in [0.15, 0.2) is 5.82 Å². The molecule has 118 valence electrons. The van der Waals surface area contributed by atoms with Crippen LogP contribution in [0.1, 0.15) is 50.7 Å². The van der Waals surface area contributed by atoms with Gasteiger partial charge >= 0.3 is 0 Å². The van der Waals surface area contributed by atoms with E-state index >= 15 is 0 Å². The highest BCUT2D eigenvalue weighted by Gasteiger charge is 2.24. The molecule has 6 heteroatoms. The van der Waals surface area contributed by atoms with Gasteiger partial charge in [-0.1, -0.05) is 12.1 Å². The summed E-state index contributed by atoms with van der Waals surface area (Å²) < 4.78 is 5.08. The molecule has 1 saturated heterocycles. The van der Waals surface area contributed by atoms with Crippen molar-refractivity contribution in [3.05, 3.63) is 11.7 Å². The molecule has 0 spiro atoms. The topological polar surface area (TPSA) is 71.3 Å². The summed E-state index contributed by atoms with van der Waals surface area (Å²) in [7, 11) is 0. The van der Waals surface area contributed by atoms with Crippen molar-refractivity contribution < 1.29 is 9.32 Å². The molecule has 1 amide bonds. The van der Waals surface area contributed by atoms with Crippen molar-refractivity contribution in [3.8, 4) is 0 Å². The molecule has 0 saturated carbocycles. The first-order chi connectivity index (χ1) is 10.2. The lowest BCUT2D eigenvalue weighted by atomic mass is 10.0. The standard InChI is InChI=1S/C15H26N4O2/c1-3-11-19(13-7-9-16-10-8-13)15(20)6-4-5-14-17-12(2)18-21-14/h13,16H,3-11H2,1-2H3. The molecule has 0 aliphatic carbocycles. The van der Waals surface area contributed by atoms with E-state index in [0.29, 0.717) is 30.6 Å². The lowest BCUT2D eigenvalue weighted by molar-refractivity contribution is -0.134. The number of nitrogens with one attached hydrogen (secondary N) is 1. The first-order valence-electron chi connectivity index (χ1n) is 8.00. The molecule has 1 N–H and O–H groups in total. The van der Waals surface area contributed by atoms with E-state index in [9.17, 15) is 4.79 Å². The lowest BCUT2D eigenvalue weighted by Gasteiger charge is -2.34. The van der Waals surface area contributed by atoms with Crippen LogP contribution in [-0.2, 0) is 11.2 Å². The van der Waals surface area contributed by atoms with Gasteiger partial charge in [-0.3, -0.25) is 4.79 Å². The summed E-state index contributed by atoms with van der Waals surface area (Å²) in [5.41, 5.74) is 0. The van der Waals surface area contributed by atoms with Gasteiger partial charge < -0.3 is 14.7 Å². The van der Waals surface area contributed by atoms with Crippen LogP contribution in [0.25, 0.3) is 0 Å². The van der Waals surface area contributed by atoms with Crippen LogP contribution >= 0.6 is 0 Å². The molecule has 2 rings (SSSR count). The Hall–Kier alpha value is -1.43. The van der Waals surface area contributed by atoms with E-state index in [4.69, 9.17) is 4.52 Å². The van der Waals surface area contributed by atoms with Gasteiger partial charge in [0.25, 0.3) is 0 Å². The van der Waals surface area contributed by atoms with Gasteiger partial charge in [-0.25, -0.2) is 0 Å². The fourth-order valence-corrected chi connectivity index (χ4v) is 2.85. The number of piperidine rings is 1. The Morgan fingerprint density at radius 1 is 1.43 bits per heavy atom. The fourth-order valence-electron chi connectivity index (χ4n) is 2.85. The zero-order chi connectivity index (χ0) is 15.1. The summed E-state index contributed by atoms with van der Waals surface area (Å²) in [5.74, 6) is 1.54. The number of carbonyl (C=O) groups is 1. The van der Waals surface area contributed by atoms with E-state index in [1.165, 1.54) is 0 Å². The average molecular weight is 294 g/mol. The highest BCUT2D eigenvalue weighted by Crippen LogP contribution is 2.15. The van der Waals surface area contributed by atoms with E-state index in [1.807, 2.05) is 0 Å². The first kappa shape index (κ1) is 15.9. The molecule has 1 fully saturated rings. The number of carbonyl (C=O) groups excluding carboxylic acids is 1. The fraction of sp³-hybridized carbons (Fsp3) is 0.800. The Kier molecular flexibility index (Phi) is 6.17. The van der Waals surface area contributed by atoms with Crippen molar-refractivity contribution in [2.75, 3.05) is 19.6 Å². The van der Waals surface area contributed by atoms with Crippen LogP contribution in [0.2, 0.25) is 0 Å². The Bertz CT molecular complexity index is 441. The van der Waals surface area contributed by atoms with Gasteiger partial charge in [0.1, 0.15) is 0 Å². The molecule has 1 aromatic rings. The molecular formula is C15H26N4O2. The summed E-state index contributed by atoms with van der Waals surface area (Å²) in [5, 5.41) is 7.12. The van der Waals surface area contributed by atoms with Gasteiger partial charge in [0.05, 0.1) is 0 Å². The van der Waals surface area contributed by atoms with Gasteiger partial charge in [-0.05, 0) is 45.7 Å². The second-order valence-corrected chi connectivity index (χ2v) is 5.66. The van der Waals surface area contributed by atoms with Gasteiger partial charge in [0, 0.05) is 25.4 Å². The molecule has 0 unspecified atom stereocenters. The van der Waals surface area contributed by atoms with E-state index < -0.39 is 0 Å². The maximum Gasteiger partial charge on any atom is 0.226 e. The SMILES string of the molecule is CCCN(C(=O)CCCc1nc(C)no1)C1CCNCC1. The minimum atomic E-state index is 0.264. The smallest absolute Gasteiger partial charge is 0.226 e. The van der Waals surface area contributed by atoms with Crippen LogP contribution in [0, 0.1) is 6.92 Å². The third kappa shape index (κ3) is 4.81. The number of amides is 1. The maximum absolute atomic E-state index is 12.5. The second kappa shape index (κ2) is 8.12. The monoisotopic (exact) mass is 294 g/mol. The van der Waals surface area contributed by atoms with E-state index in [0.717, 1.165) is 45.3 Å². The molecule has 0 bridgehead atoms. The van der Waals surface area contributed by atoms with Crippen LogP contribution in [0.5, 0.6) is 0 Å². The molecular weight excluding hydrogens is 268 g/mol. The van der Waals surface area contributed by atoms with Crippen molar-refractivity contribution in [3.63, 3.8) is 0 Å². The van der Waals surface area contributed by atoms with Gasteiger partial charge in [0.2, 0.25) is 11.8 Å². The number of nitrogens with zero attached hydrogens (tertiary/aromatic N) is 3. The van der Waals surface area contributed by atoms with Crippen molar-refractivity contribution in [2.45, 2.75) is 58.4 Å². The summed E-state index contributed by atoms with van der Waals surface area (Å²) in [6.45, 7) is 6.82. The number of hydrogen-bond acceptors (Lipinski definition) is 5. The lowest BCUT2D eigenvalue weighted by Crippen LogP contribution is -2.46.